The normalized spacial score (nSPS) is 32.2. The first-order chi connectivity index (χ1) is 28.1. The number of rotatable bonds is 16. The minimum absolute atomic E-state index is 0.246. The molecule has 352 valence electrons. The lowest BCUT2D eigenvalue weighted by Crippen LogP contribution is -2.74. The lowest BCUT2D eigenvalue weighted by Gasteiger charge is -2.60. The molecule has 1 heterocycles. The summed E-state index contributed by atoms with van der Waals surface area (Å²) in [6, 6.07) is 3.37. The highest BCUT2D eigenvalue weighted by atomic mass is 28.5. The van der Waals surface area contributed by atoms with Crippen LogP contribution in [0.1, 0.15) is 212 Å². The van der Waals surface area contributed by atoms with Crippen molar-refractivity contribution < 1.29 is 35.4 Å². The Morgan fingerprint density at radius 2 is 0.467 bits per heavy atom. The van der Waals surface area contributed by atoms with Crippen LogP contribution in [0.15, 0.2) is 0 Å². The molecule has 8 nitrogen and oxygen atoms in total. The van der Waals surface area contributed by atoms with E-state index in [0.717, 1.165) is 24.2 Å². The van der Waals surface area contributed by atoms with Gasteiger partial charge < -0.3 is 35.4 Å². The molecule has 0 bridgehead atoms. The first kappa shape index (κ1) is 51.5. The van der Waals surface area contributed by atoms with Crippen LogP contribution in [0.4, 0.5) is 0 Å². The Hall–Kier alpha value is 0.548. The van der Waals surface area contributed by atoms with E-state index in [-0.39, 0.29) is 22.4 Å². The quantitative estimate of drug-likeness (QED) is 0.142. The van der Waals surface area contributed by atoms with Crippen LogP contribution in [-0.4, -0.2) is 83.1 Å². The third kappa shape index (κ3) is 15.3. The standard InChI is InChI=1S/C48H96O8Si4/c1-45(2,3)49-33-37-57(41-25-17-13-18-26-41)53-58(38-34-50-46(4,5)6,42-27-19-14-20-28-42)55-60(40-36-52-48(10,11)12,44-31-23-16-24-32-44)56-59(54-57,39-35-51-47(7,8)9)43-29-21-15-22-30-43/h41-44H,13-40H2,1-12H3. The smallest absolute Gasteiger partial charge is 0.326 e. The van der Waals surface area contributed by atoms with Gasteiger partial charge in [-0.2, -0.15) is 0 Å². The van der Waals surface area contributed by atoms with Crippen molar-refractivity contribution in [1.29, 1.82) is 0 Å². The van der Waals surface area contributed by atoms with E-state index in [9.17, 15) is 0 Å². The fraction of sp³-hybridized carbons (Fsp3) is 1.00. The van der Waals surface area contributed by atoms with E-state index in [0.29, 0.717) is 48.6 Å². The number of ether oxygens (including phenoxy) is 4. The maximum absolute atomic E-state index is 8.74. The summed E-state index contributed by atoms with van der Waals surface area (Å²) in [6.45, 7) is 29.0. The van der Waals surface area contributed by atoms with Crippen LogP contribution in [0, 0.1) is 0 Å². The van der Waals surface area contributed by atoms with Crippen LogP contribution >= 0.6 is 0 Å². The fourth-order valence-electron chi connectivity index (χ4n) is 11.3. The molecule has 0 aromatic carbocycles. The molecule has 0 atom stereocenters. The van der Waals surface area contributed by atoms with Gasteiger partial charge in [-0.1, -0.05) is 77.0 Å². The van der Waals surface area contributed by atoms with Gasteiger partial charge in [-0.15, -0.1) is 0 Å². The van der Waals surface area contributed by atoms with Gasteiger partial charge in [-0.3, -0.25) is 0 Å². The molecule has 0 radical (unpaired) electrons. The molecule has 5 aliphatic rings. The average molecular weight is 914 g/mol. The first-order valence-electron chi connectivity index (χ1n) is 25.4. The van der Waals surface area contributed by atoms with Gasteiger partial charge in [0.25, 0.3) is 0 Å². The predicted octanol–water partition coefficient (Wildman–Crippen LogP) is 14.4. The monoisotopic (exact) mass is 913 g/mol. The zero-order valence-corrected chi connectivity index (χ0v) is 45.4. The van der Waals surface area contributed by atoms with Gasteiger partial charge in [0.05, 0.1) is 22.4 Å². The largest absolute Gasteiger partial charge is 0.415 e. The molecule has 0 N–H and O–H groups in total. The molecule has 0 aromatic heterocycles. The number of hydrogen-bond acceptors (Lipinski definition) is 8. The highest BCUT2D eigenvalue weighted by Gasteiger charge is 2.68. The predicted molar refractivity (Wildman–Crippen MR) is 257 cm³/mol. The molecule has 4 aliphatic carbocycles. The minimum Gasteiger partial charge on any atom is -0.415 e. The molecular weight excluding hydrogens is 817 g/mol. The minimum atomic E-state index is -3.14. The van der Waals surface area contributed by atoms with Crippen molar-refractivity contribution >= 4 is 34.2 Å². The van der Waals surface area contributed by atoms with Crippen LogP contribution in [0.25, 0.3) is 0 Å². The molecule has 0 unspecified atom stereocenters. The van der Waals surface area contributed by atoms with Crippen molar-refractivity contribution in [1.82, 2.24) is 0 Å². The Kier molecular flexibility index (Phi) is 18.8. The maximum Gasteiger partial charge on any atom is 0.326 e. The second kappa shape index (κ2) is 21.9. The molecule has 12 heteroatoms. The zero-order valence-electron chi connectivity index (χ0n) is 41.4. The second-order valence-electron chi connectivity index (χ2n) is 23.8. The van der Waals surface area contributed by atoms with Crippen molar-refractivity contribution in [3.05, 3.63) is 0 Å². The van der Waals surface area contributed by atoms with Gasteiger partial charge in [0.15, 0.2) is 0 Å². The SMILES string of the molecule is CC(C)(C)OCC[Si]1(C2CCCCC2)O[Si](CCOC(C)(C)C)(C2CCCCC2)O[Si](CCOC(C)(C)C)(C2CCCCC2)O[Si](CCOC(C)(C)C)(C2CCCCC2)O1. The van der Waals surface area contributed by atoms with Gasteiger partial charge in [0, 0.05) is 72.8 Å². The van der Waals surface area contributed by atoms with Crippen LogP contribution < -0.4 is 0 Å². The molecule has 5 rings (SSSR count). The van der Waals surface area contributed by atoms with Crippen molar-refractivity contribution in [2.75, 3.05) is 26.4 Å². The van der Waals surface area contributed by atoms with Crippen LogP contribution in [-0.2, 0) is 35.4 Å². The summed E-state index contributed by atoms with van der Waals surface area (Å²) >= 11 is 0. The summed E-state index contributed by atoms with van der Waals surface area (Å²) < 4.78 is 62.1. The second-order valence-corrected chi connectivity index (χ2v) is 38.9. The molecule has 0 spiro atoms. The molecule has 5 fully saturated rings. The number of hydrogen-bond donors (Lipinski definition) is 0. The first-order valence-corrected chi connectivity index (χ1v) is 33.8. The average Bonchev–Trinajstić information content (AvgIpc) is 3.16. The summed E-state index contributed by atoms with van der Waals surface area (Å²) in [7, 11) is -12.6. The van der Waals surface area contributed by atoms with Gasteiger partial charge in [-0.25, -0.2) is 0 Å². The molecule has 1 aliphatic heterocycles. The van der Waals surface area contributed by atoms with Crippen molar-refractivity contribution in [2.45, 2.75) is 280 Å². The molecule has 4 saturated carbocycles. The summed E-state index contributed by atoms with van der Waals surface area (Å²) in [5, 5.41) is 0. The maximum atomic E-state index is 8.74. The van der Waals surface area contributed by atoms with E-state index in [1.165, 1.54) is 128 Å². The topological polar surface area (TPSA) is 73.8 Å². The third-order valence-corrected chi connectivity index (χ3v) is 36.2. The van der Waals surface area contributed by atoms with Crippen molar-refractivity contribution in [2.24, 2.45) is 0 Å². The zero-order chi connectivity index (χ0) is 43.8. The molecule has 1 saturated heterocycles. The Labute approximate surface area is 374 Å². The van der Waals surface area contributed by atoms with E-state index in [1.807, 2.05) is 0 Å². The summed E-state index contributed by atoms with van der Waals surface area (Å²) in [5.74, 6) is 0. The van der Waals surface area contributed by atoms with Crippen molar-refractivity contribution in [3.63, 3.8) is 0 Å². The molecule has 60 heavy (non-hydrogen) atoms. The Balaban J connectivity index is 1.80. The molecule has 0 aromatic rings. The Morgan fingerprint density at radius 1 is 0.300 bits per heavy atom. The van der Waals surface area contributed by atoms with E-state index in [2.05, 4.69) is 83.1 Å². The Morgan fingerprint density at radius 3 is 0.617 bits per heavy atom. The van der Waals surface area contributed by atoms with E-state index in [4.69, 9.17) is 35.4 Å². The van der Waals surface area contributed by atoms with Gasteiger partial charge in [-0.05, 0) is 134 Å². The van der Waals surface area contributed by atoms with E-state index >= 15 is 0 Å². The summed E-state index contributed by atoms with van der Waals surface area (Å²) in [6.07, 6.45) is 24.6. The van der Waals surface area contributed by atoms with Crippen LogP contribution in [0.5, 0.6) is 0 Å². The van der Waals surface area contributed by atoms with Crippen LogP contribution in [0.3, 0.4) is 0 Å². The highest BCUT2D eigenvalue weighted by Crippen LogP contribution is 2.57. The summed E-state index contributed by atoms with van der Waals surface area (Å²) in [5.41, 5.74) is 0.600. The van der Waals surface area contributed by atoms with Gasteiger partial charge in [0.1, 0.15) is 0 Å². The van der Waals surface area contributed by atoms with E-state index < -0.39 is 34.2 Å². The van der Waals surface area contributed by atoms with Gasteiger partial charge >= 0.3 is 34.2 Å². The highest BCUT2D eigenvalue weighted by molar-refractivity contribution is 6.96. The lowest BCUT2D eigenvalue weighted by molar-refractivity contribution is -0.00248. The van der Waals surface area contributed by atoms with Crippen molar-refractivity contribution in [3.8, 4) is 0 Å². The van der Waals surface area contributed by atoms with E-state index in [1.54, 1.807) is 0 Å². The van der Waals surface area contributed by atoms with Gasteiger partial charge in [0.2, 0.25) is 0 Å². The molecular formula is C48H96O8Si4. The fourth-order valence-corrected chi connectivity index (χ4v) is 39.8. The summed E-state index contributed by atoms with van der Waals surface area (Å²) in [4.78, 5) is 0. The molecule has 0 amide bonds. The lowest BCUT2D eigenvalue weighted by atomic mass is 10.0. The Bertz CT molecular complexity index is 1050. The van der Waals surface area contributed by atoms with Crippen LogP contribution in [0.2, 0.25) is 46.3 Å². The third-order valence-electron chi connectivity index (χ3n) is 14.2.